The molecule has 0 unspecified atom stereocenters. The number of carbonyl (C=O) groups is 4. The quantitative estimate of drug-likeness (QED) is 0.00829. The van der Waals surface area contributed by atoms with Crippen LogP contribution in [0.1, 0.15) is 159 Å². The number of anilines is 2. The van der Waals surface area contributed by atoms with Gasteiger partial charge in [0.05, 0.1) is 54.8 Å². The van der Waals surface area contributed by atoms with Gasteiger partial charge in [-0.3, -0.25) is 23.5 Å². The molecule has 2 heterocycles. The highest BCUT2D eigenvalue weighted by molar-refractivity contribution is 7.91. The number of para-hydroxylation sites is 2. The number of halogens is 3. The number of nitrogens with zero attached hydrogens (tertiary/aromatic N) is 2. The minimum atomic E-state index is -5.20. The number of nitrogens with two attached hydrogens (primary N) is 1. The van der Waals surface area contributed by atoms with Gasteiger partial charge in [-0.15, -0.1) is 0 Å². The number of amides is 2. The van der Waals surface area contributed by atoms with Crippen LogP contribution >= 0.6 is 0 Å². The number of hydrogen-bond acceptors (Lipinski definition) is 17. The van der Waals surface area contributed by atoms with Gasteiger partial charge in [0, 0.05) is 91.7 Å². The van der Waals surface area contributed by atoms with Gasteiger partial charge in [0.15, 0.2) is 37.9 Å². The number of aliphatic carboxylic acids is 1. The van der Waals surface area contributed by atoms with Crippen LogP contribution in [-0.4, -0.2) is 157 Å². The minimum Gasteiger partial charge on any atom is -0.480 e. The highest BCUT2D eigenvalue weighted by atomic mass is 32.2. The third-order valence-electron chi connectivity index (χ3n) is 20.7. The van der Waals surface area contributed by atoms with Crippen molar-refractivity contribution in [3.05, 3.63) is 190 Å². The van der Waals surface area contributed by atoms with Crippen LogP contribution < -0.4 is 30.7 Å². The zero-order valence-electron chi connectivity index (χ0n) is 63.6. The summed E-state index contributed by atoms with van der Waals surface area (Å²) >= 11 is 0. The van der Waals surface area contributed by atoms with Gasteiger partial charge < -0.3 is 40.2 Å². The predicted octanol–water partition coefficient (Wildman–Crippen LogP) is 12.0. The lowest BCUT2D eigenvalue weighted by atomic mass is 9.81. The number of ether oxygens (including phenoxy) is 3. The Morgan fingerprint density at radius 2 is 1.27 bits per heavy atom. The minimum absolute atomic E-state index is 0.00182. The number of allylic oxidation sites excluding steroid dienone is 7. The van der Waals surface area contributed by atoms with E-state index in [1.165, 1.54) is 0 Å². The number of rotatable bonds is 40. The smallest absolute Gasteiger partial charge is 0.326 e. The fraction of sp³-hybridized carbons (Fsp3) is 0.469. The second-order valence-electron chi connectivity index (χ2n) is 29.8. The molecule has 608 valence electrons. The van der Waals surface area contributed by atoms with Gasteiger partial charge in [0.25, 0.3) is 20.2 Å². The van der Waals surface area contributed by atoms with E-state index >= 15 is 13.2 Å². The summed E-state index contributed by atoms with van der Waals surface area (Å²) in [6.07, 6.45) is 15.4. The summed E-state index contributed by atoms with van der Waals surface area (Å²) in [5, 5.41) is 23.4. The maximum atomic E-state index is 15.8. The normalized spacial score (nSPS) is 17.5. The number of carbonyl (C=O) groups excluding carboxylic acids is 3. The highest BCUT2D eigenvalue weighted by Gasteiger charge is 2.45. The number of benzene rings is 5. The molecule has 2 aliphatic carbocycles. The number of unbranched alkanes of at least 4 members (excludes halogenated alkanes) is 2. The molecule has 31 heteroatoms. The van der Waals surface area contributed by atoms with E-state index in [2.05, 4.69) is 89.6 Å². The molecule has 2 amide bonds. The van der Waals surface area contributed by atoms with Gasteiger partial charge in [0.1, 0.15) is 34.8 Å². The molecular weight excluding hydrogens is 1530 g/mol. The van der Waals surface area contributed by atoms with Crippen LogP contribution in [0.4, 0.5) is 30.2 Å². The first-order chi connectivity index (χ1) is 53.0. The molecule has 0 radical (unpaired) electrons. The number of ketones is 1. The summed E-state index contributed by atoms with van der Waals surface area (Å²) in [4.78, 5) is 52.6. The molecule has 0 bridgehead atoms. The first-order valence-electron chi connectivity index (χ1n) is 37.9. The first kappa shape index (κ1) is 87.6. The van der Waals surface area contributed by atoms with E-state index in [0.717, 1.165) is 76.3 Å². The zero-order valence-corrected chi connectivity index (χ0v) is 66.8. The lowest BCUT2D eigenvalue weighted by Crippen LogP contribution is -2.45. The maximum Gasteiger partial charge on any atom is 0.326 e. The molecule has 0 saturated heterocycles. The van der Waals surface area contributed by atoms with Crippen LogP contribution in [0.25, 0.3) is 0 Å². The fourth-order valence-corrected chi connectivity index (χ4v) is 18.2. The molecule has 8 N–H and O–H groups in total. The second-order valence-corrected chi connectivity index (χ2v) is 36.5. The summed E-state index contributed by atoms with van der Waals surface area (Å²) in [6, 6.07) is 30.0. The van der Waals surface area contributed by atoms with Gasteiger partial charge in [-0.1, -0.05) is 131 Å². The van der Waals surface area contributed by atoms with Crippen molar-refractivity contribution in [2.75, 3.05) is 73.5 Å². The Labute approximate surface area is 654 Å². The van der Waals surface area contributed by atoms with E-state index in [4.69, 9.17) is 19.3 Å². The van der Waals surface area contributed by atoms with E-state index in [0.29, 0.717) is 81.5 Å². The molecule has 9 rings (SSSR count). The number of sulfonamides is 1. The number of nitrogens with one attached hydrogen (secondary N) is 3. The summed E-state index contributed by atoms with van der Waals surface area (Å²) in [7, 11) is -18.5. The number of carboxylic acids is 1. The molecule has 24 nitrogen and oxygen atoms in total. The standard InChI is InChI=1S/C81H101F3N6O18S4/c1-80(2)63-28-13-15-30-66(63)89(43-17-19-49-110(98,99)100)68(80)38-34-57-24-21-25-58(35-39-69-81(3,4)64-29-14-16-31-67(64)90(69)44-18-20-50-111(101,102)103)75(57)108-62-36-32-56(33-37-62)53-65(79(94)95)88-78(93)59(52-55-22-9-8-10-23-55)54-61(91)40-45-106-47-48-107-46-42-86-70(92)41-51-109(96,97)77-72(83)71(82)76(112(85,104)105)73(84)74(77)87-60-26-11-6-5-7-12-27-60/h8-10,13-16,22-23,28-39,59-60,65,87H,5-7,11-12,17-21,24-27,40-54H2,1-4H3,(H6-,85,86,88,92,93,94,95,98,99,100,101,102,103,104,105)/p+1/t59-,65+/m1/s1. The second kappa shape index (κ2) is 39.1. The summed E-state index contributed by atoms with van der Waals surface area (Å²) in [5.74, 6) is -11.3. The number of sulfone groups is 1. The molecule has 4 aliphatic rings. The van der Waals surface area contributed by atoms with E-state index < -0.39 is 132 Å². The fourth-order valence-electron chi connectivity index (χ4n) is 14.9. The molecule has 1 fully saturated rings. The van der Waals surface area contributed by atoms with E-state index in [1.807, 2.05) is 36.4 Å². The number of Topliss-reactive ketones (excluding diaryl/α,β-unsaturated/α-hetero) is 1. The molecule has 0 spiro atoms. The third-order valence-corrected chi connectivity index (χ3v) is 25.0. The molecule has 1 saturated carbocycles. The van der Waals surface area contributed by atoms with Crippen molar-refractivity contribution < 1.29 is 99.0 Å². The molecule has 5 aromatic rings. The van der Waals surface area contributed by atoms with Gasteiger partial charge in [-0.05, 0) is 130 Å². The van der Waals surface area contributed by atoms with Crippen LogP contribution in [-0.2, 0) is 92.4 Å². The number of fused-ring (bicyclic) bond motifs is 2. The summed E-state index contributed by atoms with van der Waals surface area (Å²) in [6.45, 7) is 9.23. The molecular formula is C81H102F3N6O18S4+. The average Bonchev–Trinajstić information content (AvgIpc) is 1.40. The first-order valence-corrected chi connectivity index (χ1v) is 44.3. The van der Waals surface area contributed by atoms with E-state index in [1.54, 1.807) is 54.6 Å². The zero-order chi connectivity index (χ0) is 81.2. The third kappa shape index (κ3) is 23.9. The Morgan fingerprint density at radius 1 is 0.652 bits per heavy atom. The van der Waals surface area contributed by atoms with Crippen molar-refractivity contribution in [1.29, 1.82) is 0 Å². The van der Waals surface area contributed by atoms with Gasteiger partial charge >= 0.3 is 5.97 Å². The van der Waals surface area contributed by atoms with Gasteiger partial charge in [-0.25, -0.2) is 39.9 Å². The number of hydrogen-bond donors (Lipinski definition) is 7. The lowest BCUT2D eigenvalue weighted by Gasteiger charge is -2.27. The lowest BCUT2D eigenvalue weighted by molar-refractivity contribution is -0.438. The van der Waals surface area contributed by atoms with Crippen LogP contribution in [0, 0.1) is 23.4 Å². The molecule has 2 atom stereocenters. The molecule has 0 aromatic heterocycles. The average molecular weight is 1630 g/mol. The Hall–Kier alpha value is -8.40. The molecule has 5 aromatic carbocycles. The molecule has 112 heavy (non-hydrogen) atoms. The SMILES string of the molecule is CC1(C)C(=CC=C2CCCC(C=CC3=[N+](CCCCS(=O)(=O)O)c4ccccc4C3(C)C)=C2Oc2ccc(C[C@H](NC(=O)[C@@H](CC(=O)CCOCCOCCNC(=O)CCS(=O)(=O)c3c(F)c(F)c(S(N)(=O)=O)c(F)c3NC3CCCCCCC3)Cc3ccccc3)C(=O)O)cc2)N(CCCCS(=O)(=O)O)c2ccccc21. The van der Waals surface area contributed by atoms with Crippen molar-refractivity contribution in [3.63, 3.8) is 0 Å². The van der Waals surface area contributed by atoms with Gasteiger partial charge in [-0.2, -0.15) is 21.4 Å². The van der Waals surface area contributed by atoms with Crippen molar-refractivity contribution in [1.82, 2.24) is 10.6 Å². The van der Waals surface area contributed by atoms with E-state index in [9.17, 15) is 67.1 Å². The van der Waals surface area contributed by atoms with Crippen LogP contribution in [0.2, 0.25) is 0 Å². The summed E-state index contributed by atoms with van der Waals surface area (Å²) in [5.41, 5.74) is 7.14. The van der Waals surface area contributed by atoms with Crippen molar-refractivity contribution in [2.24, 2.45) is 11.1 Å². The molecule has 2 aliphatic heterocycles. The largest absolute Gasteiger partial charge is 0.480 e. The topological polar surface area (TPSA) is 362 Å². The van der Waals surface area contributed by atoms with Crippen molar-refractivity contribution in [3.8, 4) is 5.75 Å². The van der Waals surface area contributed by atoms with Crippen molar-refractivity contribution in [2.45, 2.75) is 182 Å². The Morgan fingerprint density at radius 3 is 1.94 bits per heavy atom. The maximum absolute atomic E-state index is 15.8. The monoisotopic (exact) mass is 1630 g/mol. The van der Waals surface area contributed by atoms with Gasteiger partial charge in [0.2, 0.25) is 27.5 Å². The van der Waals surface area contributed by atoms with Crippen LogP contribution in [0.5, 0.6) is 5.75 Å². The Kier molecular flexibility index (Phi) is 30.6. The Balaban J connectivity index is 0.830. The summed E-state index contributed by atoms with van der Waals surface area (Å²) < 4.78 is 184. The highest BCUT2D eigenvalue weighted by Crippen LogP contribution is 2.49. The van der Waals surface area contributed by atoms with Crippen molar-refractivity contribution >= 4 is 86.4 Å². The Bertz CT molecular complexity index is 4870. The van der Waals surface area contributed by atoms with Crippen LogP contribution in [0.3, 0.4) is 0 Å². The van der Waals surface area contributed by atoms with Crippen LogP contribution in [0.15, 0.2) is 160 Å². The van der Waals surface area contributed by atoms with E-state index in [-0.39, 0.29) is 88.8 Å². The number of carboxylic acid groups (broad SMARTS) is 1. The predicted molar refractivity (Wildman–Crippen MR) is 421 cm³/mol. The number of primary sulfonamides is 1.